The zero-order valence-corrected chi connectivity index (χ0v) is 12.1. The first kappa shape index (κ1) is 13.0. The van der Waals surface area contributed by atoms with Crippen LogP contribution in [0.2, 0.25) is 0 Å². The van der Waals surface area contributed by atoms with E-state index in [9.17, 15) is 0 Å². The molecule has 1 unspecified atom stereocenters. The van der Waals surface area contributed by atoms with Gasteiger partial charge in [0.05, 0.1) is 0 Å². The second-order valence-electron chi connectivity index (χ2n) is 6.23. The maximum atomic E-state index is 3.84. The third-order valence-corrected chi connectivity index (χ3v) is 4.71. The lowest BCUT2D eigenvalue weighted by Gasteiger charge is -2.24. The Hall–Kier alpha value is -1.02. The number of likely N-dealkylation sites (tertiary alicyclic amines) is 1. The summed E-state index contributed by atoms with van der Waals surface area (Å²) >= 11 is 0. The van der Waals surface area contributed by atoms with Crippen LogP contribution < -0.4 is 5.32 Å². The van der Waals surface area contributed by atoms with Crippen molar-refractivity contribution in [3.63, 3.8) is 0 Å². The highest BCUT2D eigenvalue weighted by Crippen LogP contribution is 2.29. The van der Waals surface area contributed by atoms with Crippen molar-refractivity contribution < 1.29 is 0 Å². The lowest BCUT2D eigenvalue weighted by molar-refractivity contribution is 0.348. The van der Waals surface area contributed by atoms with Gasteiger partial charge in [-0.05, 0) is 82.3 Å². The molecule has 0 bridgehead atoms. The van der Waals surface area contributed by atoms with Gasteiger partial charge in [-0.1, -0.05) is 12.1 Å². The molecule has 104 valence electrons. The number of nitrogens with zero attached hydrogens (tertiary/aromatic N) is 1. The second-order valence-corrected chi connectivity index (χ2v) is 6.23. The highest BCUT2D eigenvalue weighted by Gasteiger charge is 2.18. The van der Waals surface area contributed by atoms with Gasteiger partial charge in [-0.3, -0.25) is 0 Å². The smallest absolute Gasteiger partial charge is 0.0377 e. The molecule has 0 radical (unpaired) electrons. The van der Waals surface area contributed by atoms with Crippen molar-refractivity contribution in [3.05, 3.63) is 29.3 Å². The average molecular weight is 258 g/mol. The molecule has 1 saturated heterocycles. The summed E-state index contributed by atoms with van der Waals surface area (Å²) in [6, 6.07) is 7.51. The summed E-state index contributed by atoms with van der Waals surface area (Å²) in [4.78, 5) is 2.46. The van der Waals surface area contributed by atoms with Gasteiger partial charge in [-0.25, -0.2) is 0 Å². The van der Waals surface area contributed by atoms with Crippen LogP contribution in [0, 0.1) is 0 Å². The number of hydrogen-bond donors (Lipinski definition) is 1. The average Bonchev–Trinajstić information content (AvgIpc) is 2.64. The van der Waals surface area contributed by atoms with E-state index in [1.54, 1.807) is 11.1 Å². The number of hydrogen-bond acceptors (Lipinski definition) is 2. The van der Waals surface area contributed by atoms with Crippen LogP contribution >= 0.6 is 0 Å². The molecule has 0 amide bonds. The van der Waals surface area contributed by atoms with E-state index in [0.29, 0.717) is 6.04 Å². The quantitative estimate of drug-likeness (QED) is 0.874. The summed E-state index contributed by atoms with van der Waals surface area (Å²) in [5.41, 5.74) is 4.61. The molecule has 1 aromatic rings. The fraction of sp³-hybridized carbons (Fsp3) is 0.647. The van der Waals surface area contributed by atoms with Gasteiger partial charge in [-0.15, -0.1) is 0 Å². The maximum Gasteiger partial charge on any atom is 0.0377 e. The van der Waals surface area contributed by atoms with Crippen molar-refractivity contribution >= 4 is 5.69 Å². The minimum atomic E-state index is 0.665. The molecule has 19 heavy (non-hydrogen) atoms. The Morgan fingerprint density at radius 3 is 2.89 bits per heavy atom. The lowest BCUT2D eigenvalue weighted by atomic mass is 9.90. The molecular weight excluding hydrogens is 232 g/mol. The molecule has 2 heteroatoms. The Morgan fingerprint density at radius 1 is 1.05 bits per heavy atom. The van der Waals surface area contributed by atoms with E-state index in [1.165, 1.54) is 63.7 Å². The number of aryl methyl sites for hydroxylation is 1. The molecule has 2 aliphatic rings. The summed E-state index contributed by atoms with van der Waals surface area (Å²) in [6.45, 7) is 2.48. The van der Waals surface area contributed by atoms with Gasteiger partial charge in [0.2, 0.25) is 0 Å². The van der Waals surface area contributed by atoms with Crippen molar-refractivity contribution in [3.8, 4) is 0 Å². The van der Waals surface area contributed by atoms with E-state index in [1.807, 2.05) is 0 Å². The van der Waals surface area contributed by atoms with Crippen LogP contribution in [0.25, 0.3) is 0 Å². The van der Waals surface area contributed by atoms with Crippen LogP contribution in [0.1, 0.15) is 43.2 Å². The summed E-state index contributed by atoms with van der Waals surface area (Å²) in [6.07, 6.45) is 9.19. The number of nitrogens with one attached hydrogen (secondary N) is 1. The molecule has 1 N–H and O–H groups in total. The minimum Gasteiger partial charge on any atom is -0.382 e. The molecule has 2 nitrogen and oxygen atoms in total. The Labute approximate surface area is 117 Å². The zero-order valence-electron chi connectivity index (χ0n) is 12.1. The predicted molar refractivity (Wildman–Crippen MR) is 81.8 cm³/mol. The van der Waals surface area contributed by atoms with E-state index < -0.39 is 0 Å². The summed E-state index contributed by atoms with van der Waals surface area (Å²) in [7, 11) is 2.24. The predicted octanol–water partition coefficient (Wildman–Crippen LogP) is 3.46. The lowest BCUT2D eigenvalue weighted by Crippen LogP contribution is -2.23. The topological polar surface area (TPSA) is 15.3 Å². The fourth-order valence-electron chi connectivity index (χ4n) is 3.52. The molecule has 1 aliphatic heterocycles. The van der Waals surface area contributed by atoms with Crippen molar-refractivity contribution in [2.24, 2.45) is 0 Å². The van der Waals surface area contributed by atoms with Crippen molar-refractivity contribution in [2.75, 3.05) is 25.5 Å². The second kappa shape index (κ2) is 5.96. The molecule has 1 heterocycles. The van der Waals surface area contributed by atoms with E-state index in [0.717, 1.165) is 0 Å². The third-order valence-electron chi connectivity index (χ3n) is 4.71. The van der Waals surface area contributed by atoms with Crippen LogP contribution in [0.15, 0.2) is 18.2 Å². The Bertz CT molecular complexity index is 427. The van der Waals surface area contributed by atoms with Crippen molar-refractivity contribution in [1.82, 2.24) is 4.90 Å². The highest BCUT2D eigenvalue weighted by molar-refractivity contribution is 5.56. The monoisotopic (exact) mass is 258 g/mol. The molecule has 0 aromatic heterocycles. The molecule has 0 spiro atoms. The number of fused-ring (bicyclic) bond motifs is 1. The molecule has 1 fully saturated rings. The Kier molecular flexibility index (Phi) is 4.07. The van der Waals surface area contributed by atoms with Gasteiger partial charge < -0.3 is 10.2 Å². The first-order valence-corrected chi connectivity index (χ1v) is 7.89. The van der Waals surface area contributed by atoms with Crippen LogP contribution in [0.4, 0.5) is 5.69 Å². The normalized spacial score (nSPS) is 24.6. The van der Waals surface area contributed by atoms with Gasteiger partial charge in [0.15, 0.2) is 0 Å². The van der Waals surface area contributed by atoms with Gasteiger partial charge in [0, 0.05) is 11.7 Å². The van der Waals surface area contributed by atoms with E-state index in [2.05, 4.69) is 35.5 Å². The standard InChI is InChI=1S/C17H26N2/c1-19-12-5-8-15(11-13-19)18-17-10-4-7-14-6-2-3-9-16(14)17/h4,7,10,15,18H,2-3,5-6,8-9,11-13H2,1H3. The molecule has 1 aromatic carbocycles. The molecule has 3 rings (SSSR count). The maximum absolute atomic E-state index is 3.84. The van der Waals surface area contributed by atoms with E-state index >= 15 is 0 Å². The summed E-state index contributed by atoms with van der Waals surface area (Å²) in [5.74, 6) is 0. The van der Waals surface area contributed by atoms with E-state index in [-0.39, 0.29) is 0 Å². The highest BCUT2D eigenvalue weighted by atomic mass is 15.1. The minimum absolute atomic E-state index is 0.665. The summed E-state index contributed by atoms with van der Waals surface area (Å²) in [5, 5.41) is 3.84. The number of benzene rings is 1. The van der Waals surface area contributed by atoms with Crippen molar-refractivity contribution in [2.45, 2.75) is 51.0 Å². The number of rotatable bonds is 2. The largest absolute Gasteiger partial charge is 0.382 e. The van der Waals surface area contributed by atoms with Crippen molar-refractivity contribution in [1.29, 1.82) is 0 Å². The fourth-order valence-corrected chi connectivity index (χ4v) is 3.52. The first-order valence-electron chi connectivity index (χ1n) is 7.89. The summed E-state index contributed by atoms with van der Waals surface area (Å²) < 4.78 is 0. The number of anilines is 1. The molecule has 1 atom stereocenters. The SMILES string of the molecule is CN1CCCC(Nc2cccc3c2CCCC3)CC1. The van der Waals surface area contributed by atoms with Crippen LogP contribution in [0.3, 0.4) is 0 Å². The third kappa shape index (κ3) is 3.11. The molecule has 1 aliphatic carbocycles. The van der Waals surface area contributed by atoms with Gasteiger partial charge >= 0.3 is 0 Å². The van der Waals surface area contributed by atoms with Gasteiger partial charge in [-0.2, -0.15) is 0 Å². The van der Waals surface area contributed by atoms with Crippen LogP contribution in [-0.4, -0.2) is 31.1 Å². The molecule has 0 saturated carbocycles. The zero-order chi connectivity index (χ0) is 13.1. The van der Waals surface area contributed by atoms with Gasteiger partial charge in [0.1, 0.15) is 0 Å². The Balaban J connectivity index is 1.72. The Morgan fingerprint density at radius 2 is 1.95 bits per heavy atom. The van der Waals surface area contributed by atoms with Crippen LogP contribution in [-0.2, 0) is 12.8 Å². The van der Waals surface area contributed by atoms with Gasteiger partial charge in [0.25, 0.3) is 0 Å². The van der Waals surface area contributed by atoms with Crippen LogP contribution in [0.5, 0.6) is 0 Å². The molecular formula is C17H26N2. The van der Waals surface area contributed by atoms with E-state index in [4.69, 9.17) is 0 Å². The first-order chi connectivity index (χ1) is 9.33.